The van der Waals surface area contributed by atoms with Crippen molar-refractivity contribution in [3.05, 3.63) is 141 Å². The molecule has 4 atom stereocenters. The predicted molar refractivity (Wildman–Crippen MR) is 183 cm³/mol. The molecule has 1 fully saturated rings. The van der Waals surface area contributed by atoms with Gasteiger partial charge in [-0.05, 0) is 103 Å². The third-order valence-corrected chi connectivity index (χ3v) is 11.5. The third kappa shape index (κ3) is 4.20. The van der Waals surface area contributed by atoms with Crippen LogP contribution in [0, 0.1) is 5.92 Å². The fraction of sp³-hybridized carbons (Fsp3) is 0.250. The molecule has 1 aromatic heterocycles. The Hall–Kier alpha value is -4.08. The zero-order valence-electron chi connectivity index (χ0n) is 24.4. The van der Waals surface area contributed by atoms with Gasteiger partial charge in [0.1, 0.15) is 0 Å². The quantitative estimate of drug-likeness (QED) is 0.335. The van der Waals surface area contributed by atoms with Gasteiger partial charge >= 0.3 is 0 Å². The van der Waals surface area contributed by atoms with Crippen molar-refractivity contribution in [2.24, 2.45) is 5.92 Å². The van der Waals surface area contributed by atoms with Crippen LogP contribution in [-0.2, 0) is 0 Å². The Bertz CT molecular complexity index is 1990. The van der Waals surface area contributed by atoms with E-state index in [0.29, 0.717) is 23.9 Å². The molecule has 5 aliphatic carbocycles. The second kappa shape index (κ2) is 10.3. The molecule has 0 saturated carbocycles. The number of thiophene rings is 1. The third-order valence-electron chi connectivity index (χ3n) is 10.3. The van der Waals surface area contributed by atoms with Crippen molar-refractivity contribution in [3.63, 3.8) is 0 Å². The standard InChI is InChI=1S/C40H36N2S/c1-2-14-30-26(10-1)11-8-17-31(30)27-12-7-13-29(24-27)42-36-19-5-3-16-33(36)40-35(18-9-20-37(40)42)41-28-22-23-39-34(25-28)32-15-4-6-21-38(32)43-39/h1-3,5,7-16,18,21-23,25,27,31,36-37,41H,4,6,17,19-20,24H2. The minimum atomic E-state index is 0.362. The molecule has 1 aliphatic heterocycles. The number of likely N-dealkylation sites (tertiary alicyclic amines) is 1. The molecule has 0 radical (unpaired) electrons. The number of benzene rings is 2. The van der Waals surface area contributed by atoms with Crippen LogP contribution in [0.4, 0.5) is 5.69 Å². The van der Waals surface area contributed by atoms with Crippen LogP contribution in [0.2, 0.25) is 0 Å². The first-order chi connectivity index (χ1) is 21.3. The Morgan fingerprint density at radius 2 is 1.74 bits per heavy atom. The molecule has 1 N–H and O–H groups in total. The van der Waals surface area contributed by atoms with Crippen LogP contribution < -0.4 is 15.1 Å². The fourth-order valence-electron chi connectivity index (χ4n) is 8.38. The van der Waals surface area contributed by atoms with Crippen molar-refractivity contribution in [2.75, 3.05) is 5.32 Å². The van der Waals surface area contributed by atoms with Gasteiger partial charge in [0.15, 0.2) is 0 Å². The molecule has 212 valence electrons. The fourth-order valence-corrected chi connectivity index (χ4v) is 9.54. The summed E-state index contributed by atoms with van der Waals surface area (Å²) < 4.78 is 2.82. The number of nitrogens with one attached hydrogen (secondary N) is 1. The molecule has 6 aliphatic rings. The van der Waals surface area contributed by atoms with Gasteiger partial charge < -0.3 is 10.2 Å². The molecular weight excluding hydrogens is 541 g/mol. The second-order valence-electron chi connectivity index (χ2n) is 12.7. The number of rotatable bonds is 4. The predicted octanol–water partition coefficient (Wildman–Crippen LogP) is 8.48. The normalized spacial score (nSPS) is 26.7. The van der Waals surface area contributed by atoms with Gasteiger partial charge in [-0.15, -0.1) is 11.3 Å². The highest BCUT2D eigenvalue weighted by Gasteiger charge is 2.44. The first-order valence-corrected chi connectivity index (χ1v) is 16.8. The van der Waals surface area contributed by atoms with E-state index >= 15 is 0 Å². The summed E-state index contributed by atoms with van der Waals surface area (Å²) in [6.45, 7) is 0. The summed E-state index contributed by atoms with van der Waals surface area (Å²) >= 11 is 1.93. The highest BCUT2D eigenvalue weighted by atomic mass is 32.1. The monoisotopic (exact) mass is 576 g/mol. The van der Waals surface area contributed by atoms with Crippen LogP contribution in [0.25, 0.3) is 28.3 Å². The van der Waals surface area contributed by atoms with E-state index in [1.807, 2.05) is 11.3 Å². The lowest BCUT2D eigenvalue weighted by Gasteiger charge is -2.39. The van der Waals surface area contributed by atoms with E-state index in [1.54, 1.807) is 0 Å². The summed E-state index contributed by atoms with van der Waals surface area (Å²) in [5, 5.41) is 6.73. The van der Waals surface area contributed by atoms with E-state index in [2.05, 4.69) is 126 Å². The molecule has 3 aromatic rings. The average molecular weight is 577 g/mol. The molecule has 2 heterocycles. The topological polar surface area (TPSA) is 15.3 Å². The Balaban J connectivity index is 1.06. The maximum Gasteiger partial charge on any atom is 0.0604 e. The lowest BCUT2D eigenvalue weighted by atomic mass is 9.75. The molecule has 0 spiro atoms. The summed E-state index contributed by atoms with van der Waals surface area (Å²) in [7, 11) is 0. The van der Waals surface area contributed by atoms with Gasteiger partial charge in [0.25, 0.3) is 0 Å². The van der Waals surface area contributed by atoms with Crippen LogP contribution in [0.1, 0.15) is 55.6 Å². The van der Waals surface area contributed by atoms with Gasteiger partial charge in [-0.2, -0.15) is 0 Å². The van der Waals surface area contributed by atoms with Gasteiger partial charge in [-0.1, -0.05) is 85.0 Å². The van der Waals surface area contributed by atoms with E-state index in [0.717, 1.165) is 38.5 Å². The maximum atomic E-state index is 3.91. The lowest BCUT2D eigenvalue weighted by Crippen LogP contribution is -2.38. The van der Waals surface area contributed by atoms with Crippen LogP contribution in [0.5, 0.6) is 0 Å². The van der Waals surface area contributed by atoms with Crippen LogP contribution >= 0.6 is 11.3 Å². The van der Waals surface area contributed by atoms with Gasteiger partial charge in [-0.3, -0.25) is 0 Å². The molecule has 0 bridgehead atoms. The molecule has 43 heavy (non-hydrogen) atoms. The maximum absolute atomic E-state index is 3.91. The summed E-state index contributed by atoms with van der Waals surface area (Å²) in [4.78, 5) is 2.79. The summed E-state index contributed by atoms with van der Waals surface area (Å²) in [6.07, 6.45) is 35.1. The molecule has 9 rings (SSSR count). The van der Waals surface area contributed by atoms with E-state index < -0.39 is 0 Å². The SMILES string of the molecule is C1=CCC2C(=C1)C1=C(Nc3ccc4sc5c(c4c3)=CCCC=5)C=CCC1N2C1=CC=CC(C2CC=Cc3ccccc32)C1. The first-order valence-electron chi connectivity index (χ1n) is 16.0. The summed E-state index contributed by atoms with van der Waals surface area (Å²) in [5.41, 5.74) is 9.83. The summed E-state index contributed by atoms with van der Waals surface area (Å²) in [6, 6.07) is 16.7. The van der Waals surface area contributed by atoms with Crippen molar-refractivity contribution in [1.82, 2.24) is 4.90 Å². The Morgan fingerprint density at radius 1 is 0.837 bits per heavy atom. The highest BCUT2D eigenvalue weighted by molar-refractivity contribution is 7.17. The van der Waals surface area contributed by atoms with Gasteiger partial charge in [0.05, 0.1) is 12.1 Å². The molecule has 2 aromatic carbocycles. The number of hydrogen-bond acceptors (Lipinski definition) is 3. The first kappa shape index (κ1) is 25.4. The van der Waals surface area contributed by atoms with Crippen molar-refractivity contribution in [1.29, 1.82) is 0 Å². The molecule has 0 amide bonds. The molecule has 4 unspecified atom stereocenters. The highest BCUT2D eigenvalue weighted by Crippen LogP contribution is 2.48. The van der Waals surface area contributed by atoms with Crippen LogP contribution in [0.15, 0.2) is 120 Å². The molecular formula is C40H36N2S. The van der Waals surface area contributed by atoms with Crippen molar-refractivity contribution in [3.8, 4) is 0 Å². The Labute approximate surface area is 257 Å². The number of nitrogens with zero attached hydrogens (tertiary/aromatic N) is 1. The Morgan fingerprint density at radius 3 is 2.74 bits per heavy atom. The largest absolute Gasteiger partial charge is 0.360 e. The zero-order chi connectivity index (χ0) is 28.3. The Kier molecular flexibility index (Phi) is 6.08. The van der Waals surface area contributed by atoms with Crippen LogP contribution in [-0.4, -0.2) is 17.0 Å². The van der Waals surface area contributed by atoms with Crippen molar-refractivity contribution in [2.45, 2.75) is 56.5 Å². The molecule has 2 nitrogen and oxygen atoms in total. The van der Waals surface area contributed by atoms with Crippen LogP contribution in [0.3, 0.4) is 0 Å². The van der Waals surface area contributed by atoms with E-state index in [-0.39, 0.29) is 0 Å². The number of fused-ring (bicyclic) bond motifs is 7. The van der Waals surface area contributed by atoms with Crippen molar-refractivity contribution < 1.29 is 0 Å². The van der Waals surface area contributed by atoms with E-state index in [1.165, 1.54) is 59.2 Å². The van der Waals surface area contributed by atoms with Gasteiger partial charge in [0.2, 0.25) is 0 Å². The average Bonchev–Trinajstić information content (AvgIpc) is 3.61. The minimum Gasteiger partial charge on any atom is -0.360 e. The zero-order valence-corrected chi connectivity index (χ0v) is 25.2. The van der Waals surface area contributed by atoms with E-state index in [9.17, 15) is 0 Å². The lowest BCUT2D eigenvalue weighted by molar-refractivity contribution is 0.250. The molecule has 1 saturated heterocycles. The number of anilines is 1. The molecule has 3 heteroatoms. The van der Waals surface area contributed by atoms with Crippen molar-refractivity contribution >= 4 is 45.3 Å². The van der Waals surface area contributed by atoms with E-state index in [4.69, 9.17) is 0 Å². The van der Waals surface area contributed by atoms with Gasteiger partial charge in [0, 0.05) is 37.3 Å². The number of allylic oxidation sites excluding steroid dienone is 8. The second-order valence-corrected chi connectivity index (χ2v) is 13.8. The minimum absolute atomic E-state index is 0.362. The smallest absolute Gasteiger partial charge is 0.0604 e. The summed E-state index contributed by atoms with van der Waals surface area (Å²) in [5.74, 6) is 1.05. The number of hydrogen-bond donors (Lipinski definition) is 1. The van der Waals surface area contributed by atoms with Gasteiger partial charge in [-0.25, -0.2) is 0 Å².